The van der Waals surface area contributed by atoms with Gasteiger partial charge in [-0.3, -0.25) is 9.59 Å². The first-order valence-electron chi connectivity index (χ1n) is 6.78. The number of amides is 2. The molecule has 124 valence electrons. The van der Waals surface area contributed by atoms with Crippen molar-refractivity contribution in [1.29, 1.82) is 0 Å². The number of ether oxygens (including phenoxy) is 1. The summed E-state index contributed by atoms with van der Waals surface area (Å²) in [6.45, 7) is -0.498. The zero-order chi connectivity index (χ0) is 17.7. The van der Waals surface area contributed by atoms with Crippen molar-refractivity contribution in [2.24, 2.45) is 5.73 Å². The molecular formula is C16H14ClN3O4. The van der Waals surface area contributed by atoms with Gasteiger partial charge in [0.1, 0.15) is 0 Å². The Balaban J connectivity index is 1.92. The number of esters is 1. The number of carbonyl (C=O) groups excluding carboxylic acids is 3. The molecule has 0 bridgehead atoms. The fourth-order valence-corrected chi connectivity index (χ4v) is 2.00. The van der Waals surface area contributed by atoms with Crippen molar-refractivity contribution in [3.8, 4) is 0 Å². The molecule has 2 aromatic rings. The number of rotatable bonds is 5. The molecule has 8 heteroatoms. The number of primary amides is 1. The van der Waals surface area contributed by atoms with Gasteiger partial charge in [0, 0.05) is 22.0 Å². The summed E-state index contributed by atoms with van der Waals surface area (Å²) in [5.74, 6) is -1.87. The average Bonchev–Trinajstić information content (AvgIpc) is 2.55. The van der Waals surface area contributed by atoms with Gasteiger partial charge >= 0.3 is 5.97 Å². The lowest BCUT2D eigenvalue weighted by Gasteiger charge is -2.08. The average molecular weight is 348 g/mol. The quantitative estimate of drug-likeness (QED) is 0.562. The highest BCUT2D eigenvalue weighted by Crippen LogP contribution is 2.18. The zero-order valence-electron chi connectivity index (χ0n) is 12.4. The second kappa shape index (κ2) is 7.47. The van der Waals surface area contributed by atoms with E-state index in [0.717, 1.165) is 0 Å². The van der Waals surface area contributed by atoms with Crippen LogP contribution in [0.15, 0.2) is 42.5 Å². The van der Waals surface area contributed by atoms with Crippen LogP contribution in [0.4, 0.5) is 11.4 Å². The maximum atomic E-state index is 11.9. The molecule has 0 aromatic heterocycles. The zero-order valence-corrected chi connectivity index (χ0v) is 13.2. The molecule has 0 saturated carbocycles. The van der Waals surface area contributed by atoms with Gasteiger partial charge in [0.15, 0.2) is 6.61 Å². The Bertz CT molecular complexity index is 790. The number of hydrogen-bond donors (Lipinski definition) is 3. The lowest BCUT2D eigenvalue weighted by Crippen LogP contribution is -2.21. The summed E-state index contributed by atoms with van der Waals surface area (Å²) >= 11 is 5.79. The number of nitrogen functional groups attached to an aromatic ring is 1. The highest BCUT2D eigenvalue weighted by Gasteiger charge is 2.14. The van der Waals surface area contributed by atoms with Gasteiger partial charge in [-0.2, -0.15) is 0 Å². The van der Waals surface area contributed by atoms with Gasteiger partial charge in [-0.25, -0.2) is 4.79 Å². The molecule has 0 aliphatic carbocycles. The van der Waals surface area contributed by atoms with Crippen LogP contribution in [0.25, 0.3) is 0 Å². The van der Waals surface area contributed by atoms with Crippen LogP contribution in [0, 0.1) is 0 Å². The van der Waals surface area contributed by atoms with Crippen LogP contribution < -0.4 is 16.8 Å². The third kappa shape index (κ3) is 4.47. The first-order chi connectivity index (χ1) is 11.4. The summed E-state index contributed by atoms with van der Waals surface area (Å²) in [5, 5.41) is 2.84. The van der Waals surface area contributed by atoms with Gasteiger partial charge < -0.3 is 21.5 Å². The molecule has 0 unspecified atom stereocenters. The van der Waals surface area contributed by atoms with Gasteiger partial charge in [0.05, 0.1) is 5.56 Å². The van der Waals surface area contributed by atoms with E-state index in [-0.39, 0.29) is 11.3 Å². The lowest BCUT2D eigenvalue weighted by atomic mass is 10.2. The fraction of sp³-hybridized carbons (Fsp3) is 0.0625. The summed E-state index contributed by atoms with van der Waals surface area (Å²) < 4.78 is 4.90. The Morgan fingerprint density at radius 1 is 1.08 bits per heavy atom. The van der Waals surface area contributed by atoms with E-state index in [4.69, 9.17) is 27.8 Å². The molecule has 0 saturated heterocycles. The predicted octanol–water partition coefficient (Wildman–Crippen LogP) is 1.82. The van der Waals surface area contributed by atoms with Crippen LogP contribution in [0.2, 0.25) is 5.02 Å². The standard InChI is InChI=1S/C16H14ClN3O4/c17-10-3-6-13(18)12(7-10)16(23)24-8-14(21)20-11-4-1-9(2-5-11)15(19)22/h1-7H,8,18H2,(H2,19,22)(H,20,21). The molecular weight excluding hydrogens is 334 g/mol. The van der Waals surface area contributed by atoms with Crippen molar-refractivity contribution in [3.63, 3.8) is 0 Å². The van der Waals surface area contributed by atoms with Crippen LogP contribution in [-0.4, -0.2) is 24.4 Å². The molecule has 0 fully saturated rings. The molecule has 0 radical (unpaired) electrons. The first-order valence-corrected chi connectivity index (χ1v) is 7.16. The number of anilines is 2. The highest BCUT2D eigenvalue weighted by molar-refractivity contribution is 6.31. The molecule has 5 N–H and O–H groups in total. The summed E-state index contributed by atoms with van der Waals surface area (Å²) in [6, 6.07) is 10.3. The Kier molecular flexibility index (Phi) is 5.39. The van der Waals surface area contributed by atoms with Crippen LogP contribution in [-0.2, 0) is 9.53 Å². The molecule has 2 amide bonds. The van der Waals surface area contributed by atoms with E-state index < -0.39 is 24.4 Å². The monoisotopic (exact) mass is 347 g/mol. The van der Waals surface area contributed by atoms with Crippen molar-refractivity contribution in [3.05, 3.63) is 58.6 Å². The van der Waals surface area contributed by atoms with Crippen molar-refractivity contribution < 1.29 is 19.1 Å². The Morgan fingerprint density at radius 2 is 1.75 bits per heavy atom. The first kappa shape index (κ1) is 17.3. The van der Waals surface area contributed by atoms with Crippen molar-refractivity contribution in [1.82, 2.24) is 0 Å². The van der Waals surface area contributed by atoms with Crippen molar-refractivity contribution >= 4 is 40.8 Å². The Morgan fingerprint density at radius 3 is 2.38 bits per heavy atom. The smallest absolute Gasteiger partial charge is 0.340 e. The number of nitrogens with two attached hydrogens (primary N) is 2. The van der Waals surface area contributed by atoms with E-state index in [2.05, 4.69) is 5.32 Å². The second-order valence-corrected chi connectivity index (χ2v) is 5.23. The second-order valence-electron chi connectivity index (χ2n) is 4.80. The molecule has 24 heavy (non-hydrogen) atoms. The molecule has 0 aliphatic heterocycles. The largest absolute Gasteiger partial charge is 0.452 e. The number of nitrogens with one attached hydrogen (secondary N) is 1. The third-order valence-corrected chi connectivity index (χ3v) is 3.26. The maximum Gasteiger partial charge on any atom is 0.340 e. The van der Waals surface area contributed by atoms with Gasteiger partial charge in [0.25, 0.3) is 5.91 Å². The minimum Gasteiger partial charge on any atom is -0.452 e. The normalized spacial score (nSPS) is 10.0. The molecule has 2 rings (SSSR count). The topological polar surface area (TPSA) is 125 Å². The minimum absolute atomic E-state index is 0.0844. The highest BCUT2D eigenvalue weighted by atomic mass is 35.5. The van der Waals surface area contributed by atoms with Crippen LogP contribution in [0.1, 0.15) is 20.7 Å². The number of carbonyl (C=O) groups is 3. The number of halogens is 1. The van der Waals surface area contributed by atoms with E-state index in [0.29, 0.717) is 16.3 Å². The summed E-state index contributed by atoms with van der Waals surface area (Å²) in [7, 11) is 0. The molecule has 0 aliphatic rings. The lowest BCUT2D eigenvalue weighted by molar-refractivity contribution is -0.119. The molecule has 0 heterocycles. The number of benzene rings is 2. The van der Waals surface area contributed by atoms with E-state index in [9.17, 15) is 14.4 Å². The predicted molar refractivity (Wildman–Crippen MR) is 89.7 cm³/mol. The van der Waals surface area contributed by atoms with Gasteiger partial charge in [-0.1, -0.05) is 11.6 Å². The number of hydrogen-bond acceptors (Lipinski definition) is 5. The van der Waals surface area contributed by atoms with E-state index in [1.807, 2.05) is 0 Å². The molecule has 0 spiro atoms. The van der Waals surface area contributed by atoms with E-state index in [1.165, 1.54) is 42.5 Å². The van der Waals surface area contributed by atoms with Crippen LogP contribution in [0.5, 0.6) is 0 Å². The maximum absolute atomic E-state index is 11.9. The summed E-state index contributed by atoms with van der Waals surface area (Å²) in [4.78, 5) is 34.6. The molecule has 2 aromatic carbocycles. The SMILES string of the molecule is NC(=O)c1ccc(NC(=O)COC(=O)c2cc(Cl)ccc2N)cc1. The Hall–Kier alpha value is -3.06. The summed E-state index contributed by atoms with van der Waals surface area (Å²) in [6.07, 6.45) is 0. The van der Waals surface area contributed by atoms with E-state index >= 15 is 0 Å². The van der Waals surface area contributed by atoms with E-state index in [1.54, 1.807) is 0 Å². The van der Waals surface area contributed by atoms with Crippen molar-refractivity contribution in [2.75, 3.05) is 17.7 Å². The van der Waals surface area contributed by atoms with Gasteiger partial charge in [-0.15, -0.1) is 0 Å². The van der Waals surface area contributed by atoms with Gasteiger partial charge in [0.2, 0.25) is 5.91 Å². The summed E-state index contributed by atoms with van der Waals surface area (Å²) in [5.41, 5.74) is 11.8. The minimum atomic E-state index is -0.755. The van der Waals surface area contributed by atoms with Crippen LogP contribution in [0.3, 0.4) is 0 Å². The third-order valence-electron chi connectivity index (χ3n) is 3.02. The van der Waals surface area contributed by atoms with Crippen molar-refractivity contribution in [2.45, 2.75) is 0 Å². The molecule has 0 atom stereocenters. The van der Waals surface area contributed by atoms with Gasteiger partial charge in [-0.05, 0) is 42.5 Å². The Labute approximate surface area is 142 Å². The van der Waals surface area contributed by atoms with Crippen LogP contribution >= 0.6 is 11.6 Å². The fourth-order valence-electron chi connectivity index (χ4n) is 1.83. The molecule has 7 nitrogen and oxygen atoms in total.